The minimum absolute atomic E-state index is 0.0124. The number of fused-ring (bicyclic) bond motifs is 1. The standard InChI is InChI=1S/C69H67N3O/c1-43(2)52-34-53(44(3)4)36-55(35-52)50-29-30-63(45(5)33-50)72-64-24-18-23-59(65(64)71-67(72)60-41-58(68(6,7)8)42-61(66(60)73)69(9,10)11)56-37-54(47-21-16-13-17-22-47)38-57(39-56)62-40-51(31-32-70-62)49-27-25-48(26-28-49)46-19-14-12-15-20-46/h12-44,73H,1-11H3/i5D3,9D3,10D3,43D. The van der Waals surface area contributed by atoms with E-state index in [0.717, 1.165) is 73.8 Å². The van der Waals surface area contributed by atoms with E-state index in [-0.39, 0.29) is 34.1 Å². The van der Waals surface area contributed by atoms with Gasteiger partial charge in [-0.2, -0.15) is 0 Å². The molecule has 2 aromatic heterocycles. The zero-order valence-electron chi connectivity index (χ0n) is 52.8. The number of hydrogen-bond donors (Lipinski definition) is 1. The Balaban J connectivity index is 1.26. The van der Waals surface area contributed by atoms with Crippen LogP contribution in [0.4, 0.5) is 0 Å². The van der Waals surface area contributed by atoms with Crippen molar-refractivity contribution in [3.05, 3.63) is 216 Å². The molecule has 8 aromatic carbocycles. The second-order valence-corrected chi connectivity index (χ2v) is 21.0. The van der Waals surface area contributed by atoms with Crippen LogP contribution in [0.5, 0.6) is 5.75 Å². The fourth-order valence-electron chi connectivity index (χ4n) is 9.71. The van der Waals surface area contributed by atoms with Crippen LogP contribution >= 0.6 is 0 Å². The highest BCUT2D eigenvalue weighted by Crippen LogP contribution is 2.46. The van der Waals surface area contributed by atoms with Gasteiger partial charge >= 0.3 is 0 Å². The summed E-state index contributed by atoms with van der Waals surface area (Å²) in [6.45, 7) is 5.65. The number of aromatic hydroxyl groups is 1. The van der Waals surface area contributed by atoms with Gasteiger partial charge in [0.05, 0.1) is 28.0 Å². The highest BCUT2D eigenvalue weighted by atomic mass is 16.3. The van der Waals surface area contributed by atoms with Crippen molar-refractivity contribution in [2.75, 3.05) is 0 Å². The molecule has 10 aromatic rings. The molecule has 2 heterocycles. The first kappa shape index (κ1) is 37.9. The third-order valence-corrected chi connectivity index (χ3v) is 13.9. The fraction of sp³-hybridized carbons (Fsp3) is 0.217. The zero-order chi connectivity index (χ0) is 59.8. The summed E-state index contributed by atoms with van der Waals surface area (Å²) in [5.41, 5.74) is 10.1. The number of para-hydroxylation sites is 1. The lowest BCUT2D eigenvalue weighted by Gasteiger charge is -2.27. The van der Waals surface area contributed by atoms with Crippen LogP contribution in [0.1, 0.15) is 122 Å². The van der Waals surface area contributed by atoms with Crippen LogP contribution in [0, 0.1) is 6.85 Å². The number of aromatic nitrogens is 3. The predicted octanol–water partition coefficient (Wildman–Crippen LogP) is 18.9. The molecule has 0 aliphatic heterocycles. The molecule has 73 heavy (non-hydrogen) atoms. The van der Waals surface area contributed by atoms with Crippen molar-refractivity contribution < 1.29 is 18.8 Å². The van der Waals surface area contributed by atoms with E-state index in [1.54, 1.807) is 29.0 Å². The van der Waals surface area contributed by atoms with Gasteiger partial charge in [-0.25, -0.2) is 4.98 Å². The third kappa shape index (κ3) is 9.79. The normalized spacial score (nSPS) is 14.8. The maximum Gasteiger partial charge on any atom is 0.149 e. The molecule has 4 nitrogen and oxygen atoms in total. The second kappa shape index (κ2) is 19.3. The average molecular weight is 964 g/mol. The van der Waals surface area contributed by atoms with Gasteiger partial charge in [-0.3, -0.25) is 9.55 Å². The summed E-state index contributed by atoms with van der Waals surface area (Å²) in [7, 11) is 0. The summed E-state index contributed by atoms with van der Waals surface area (Å²) in [5.74, 6) is -1.40. The van der Waals surface area contributed by atoms with Crippen LogP contribution in [0.15, 0.2) is 188 Å². The Morgan fingerprint density at radius 1 is 0.521 bits per heavy atom. The lowest BCUT2D eigenvalue weighted by molar-refractivity contribution is 0.446. The number of imidazole rings is 1. The van der Waals surface area contributed by atoms with Crippen molar-refractivity contribution in [1.29, 1.82) is 0 Å². The molecular weight excluding hydrogens is 887 g/mol. The molecule has 0 bridgehead atoms. The van der Waals surface area contributed by atoms with Gasteiger partial charge in [0.15, 0.2) is 0 Å². The van der Waals surface area contributed by atoms with Crippen molar-refractivity contribution in [1.82, 2.24) is 14.5 Å². The van der Waals surface area contributed by atoms with E-state index in [9.17, 15) is 9.22 Å². The topological polar surface area (TPSA) is 50.9 Å². The van der Waals surface area contributed by atoms with Crippen molar-refractivity contribution in [2.24, 2.45) is 0 Å². The maximum absolute atomic E-state index is 12.9. The Morgan fingerprint density at radius 2 is 1.12 bits per heavy atom. The number of aryl methyl sites for hydroxylation is 1. The van der Waals surface area contributed by atoms with E-state index in [0.29, 0.717) is 27.7 Å². The molecule has 4 heteroatoms. The molecule has 0 radical (unpaired) electrons. The third-order valence-electron chi connectivity index (χ3n) is 13.9. The van der Waals surface area contributed by atoms with Crippen LogP contribution in [-0.2, 0) is 10.8 Å². The molecule has 364 valence electrons. The van der Waals surface area contributed by atoms with Gasteiger partial charge in [0.25, 0.3) is 0 Å². The average Bonchev–Trinajstić information content (AvgIpc) is 2.10. The van der Waals surface area contributed by atoms with E-state index < -0.39 is 43.0 Å². The van der Waals surface area contributed by atoms with Crippen LogP contribution in [-0.4, -0.2) is 19.6 Å². The number of phenols is 1. The molecule has 10 rings (SSSR count). The number of rotatable bonds is 10. The molecule has 0 saturated carbocycles. The number of nitrogens with zero attached hydrogens (tertiary/aromatic N) is 3. The first-order chi connectivity index (χ1) is 38.9. The predicted molar refractivity (Wildman–Crippen MR) is 309 cm³/mol. The van der Waals surface area contributed by atoms with Gasteiger partial charge in [0, 0.05) is 36.6 Å². The summed E-state index contributed by atoms with van der Waals surface area (Å²) in [6.07, 6.45) is 1.80. The van der Waals surface area contributed by atoms with Crippen molar-refractivity contribution >= 4 is 11.0 Å². The number of hydrogen-bond acceptors (Lipinski definition) is 3. The summed E-state index contributed by atoms with van der Waals surface area (Å²) in [6, 6.07) is 59.0. The molecule has 0 amide bonds. The smallest absolute Gasteiger partial charge is 0.149 e. The summed E-state index contributed by atoms with van der Waals surface area (Å²) in [4.78, 5) is 10.4. The Bertz CT molecular complexity index is 4040. The molecule has 0 saturated heterocycles. The first-order valence-electron chi connectivity index (χ1n) is 30.0. The molecule has 0 aliphatic carbocycles. The molecule has 0 aliphatic rings. The largest absolute Gasteiger partial charge is 0.507 e. The van der Waals surface area contributed by atoms with E-state index in [2.05, 4.69) is 74.5 Å². The fourth-order valence-corrected chi connectivity index (χ4v) is 9.71. The van der Waals surface area contributed by atoms with Gasteiger partial charge in [-0.05, 0) is 156 Å². The molecule has 0 unspecified atom stereocenters. The Kier molecular flexibility index (Phi) is 10.0. The Hall–Kier alpha value is -7.82. The van der Waals surface area contributed by atoms with Crippen molar-refractivity contribution in [3.63, 3.8) is 0 Å². The Morgan fingerprint density at radius 3 is 1.78 bits per heavy atom. The van der Waals surface area contributed by atoms with E-state index in [1.165, 1.54) is 6.07 Å². The van der Waals surface area contributed by atoms with Crippen LogP contribution in [0.2, 0.25) is 0 Å². The summed E-state index contributed by atoms with van der Waals surface area (Å²) < 4.78 is 90.8. The van der Waals surface area contributed by atoms with Crippen LogP contribution < -0.4 is 0 Å². The van der Waals surface area contributed by atoms with Crippen molar-refractivity contribution in [3.8, 4) is 89.7 Å². The van der Waals surface area contributed by atoms with Gasteiger partial charge in [0.2, 0.25) is 0 Å². The quantitative estimate of drug-likeness (QED) is 0.149. The second-order valence-electron chi connectivity index (χ2n) is 21.0. The molecular formula is C69H67N3O. The van der Waals surface area contributed by atoms with Gasteiger partial charge in [-0.1, -0.05) is 196 Å². The molecule has 0 fully saturated rings. The lowest BCUT2D eigenvalue weighted by atomic mass is 9.79. The lowest BCUT2D eigenvalue weighted by Crippen LogP contribution is -2.17. The number of phenolic OH excluding ortho intramolecular Hbond substituents is 1. The van der Waals surface area contributed by atoms with Crippen molar-refractivity contribution in [2.45, 2.75) is 98.6 Å². The number of pyridine rings is 1. The minimum atomic E-state index is -3.13. The van der Waals surface area contributed by atoms with Crippen LogP contribution in [0.3, 0.4) is 0 Å². The van der Waals surface area contributed by atoms with E-state index in [4.69, 9.17) is 19.6 Å². The van der Waals surface area contributed by atoms with Gasteiger partial charge in [-0.15, -0.1) is 0 Å². The van der Waals surface area contributed by atoms with Crippen LogP contribution in [0.25, 0.3) is 95.0 Å². The highest BCUT2D eigenvalue weighted by Gasteiger charge is 2.29. The summed E-state index contributed by atoms with van der Waals surface area (Å²) >= 11 is 0. The first-order valence-corrected chi connectivity index (χ1v) is 25.0. The van der Waals surface area contributed by atoms with Gasteiger partial charge < -0.3 is 5.11 Å². The number of benzene rings is 8. The highest BCUT2D eigenvalue weighted by molar-refractivity contribution is 5.98. The molecule has 0 atom stereocenters. The zero-order valence-corrected chi connectivity index (χ0v) is 42.8. The van der Waals surface area contributed by atoms with Gasteiger partial charge in [0.1, 0.15) is 11.6 Å². The maximum atomic E-state index is 12.9. The SMILES string of the molecule is [2H]C([2H])([2H])c1cc(-c2cc(C(C)C)cc(C([2H])(C)C)c2)ccc1-n1c(-c2cc(C(C)(C)C)cc(C(C)(C([2H])([2H])[2H])C([2H])([2H])[2H])c2O)nc2c(-c3cc(-c4ccccc4)cc(-c4cc(-c5ccc(-c6ccccc6)cc5)ccn4)c3)cccc21. The molecule has 1 N–H and O–H groups in total. The molecule has 0 spiro atoms. The van der Waals surface area contributed by atoms with E-state index >= 15 is 0 Å². The monoisotopic (exact) mass is 964 g/mol. The Labute approximate surface area is 447 Å². The van der Waals surface area contributed by atoms with E-state index in [1.807, 2.05) is 132 Å². The summed E-state index contributed by atoms with van der Waals surface area (Å²) in [5, 5.41) is 12.9. The minimum Gasteiger partial charge on any atom is -0.507 e.